The summed E-state index contributed by atoms with van der Waals surface area (Å²) in [5.41, 5.74) is 4.51. The molecule has 0 fully saturated rings. The first-order valence-corrected chi connectivity index (χ1v) is 12.5. The number of carbonyl (C=O) groups is 3. The number of imide groups is 1. The lowest BCUT2D eigenvalue weighted by atomic mass is 9.95. The second kappa shape index (κ2) is 11.2. The smallest absolute Gasteiger partial charge is 0.306 e. The molecule has 0 saturated carbocycles. The maximum absolute atomic E-state index is 12.9. The zero-order chi connectivity index (χ0) is 25.7. The van der Waals surface area contributed by atoms with Gasteiger partial charge < -0.3 is 9.84 Å². The van der Waals surface area contributed by atoms with Crippen LogP contribution in [-0.2, 0) is 24.1 Å². The molecule has 1 N–H and O–H groups in total. The molecule has 0 radical (unpaired) electrons. The maximum atomic E-state index is 12.9. The molecule has 6 nitrogen and oxygen atoms in total. The van der Waals surface area contributed by atoms with E-state index in [4.69, 9.17) is 4.74 Å². The molecule has 0 unspecified atom stereocenters. The summed E-state index contributed by atoms with van der Waals surface area (Å²) in [5.74, 6) is -1.09. The van der Waals surface area contributed by atoms with Crippen molar-refractivity contribution in [1.82, 2.24) is 0 Å². The van der Waals surface area contributed by atoms with Crippen molar-refractivity contribution in [3.8, 4) is 5.75 Å². The second-order valence-corrected chi connectivity index (χ2v) is 9.10. The predicted octanol–water partition coefficient (Wildman–Crippen LogP) is 5.71. The molecule has 1 aliphatic rings. The molecule has 0 aromatic heterocycles. The number of benzene rings is 3. The lowest BCUT2D eigenvalue weighted by molar-refractivity contribution is -0.141. The Labute approximate surface area is 211 Å². The molecule has 0 saturated heterocycles. The van der Waals surface area contributed by atoms with Crippen LogP contribution < -0.4 is 9.64 Å². The molecule has 6 heteroatoms. The monoisotopic (exact) mass is 485 g/mol. The number of fused-ring (bicyclic) bond motifs is 1. The van der Waals surface area contributed by atoms with Gasteiger partial charge in [-0.2, -0.15) is 0 Å². The van der Waals surface area contributed by atoms with Crippen LogP contribution >= 0.6 is 0 Å². The van der Waals surface area contributed by atoms with Gasteiger partial charge in [0.2, 0.25) is 0 Å². The Morgan fingerprint density at radius 3 is 2.11 bits per heavy atom. The second-order valence-electron chi connectivity index (χ2n) is 9.10. The Kier molecular flexibility index (Phi) is 7.84. The lowest BCUT2D eigenvalue weighted by Crippen LogP contribution is -2.29. The fourth-order valence-corrected chi connectivity index (χ4v) is 4.47. The van der Waals surface area contributed by atoms with Crippen molar-refractivity contribution in [2.45, 2.75) is 46.0 Å². The average Bonchev–Trinajstić information content (AvgIpc) is 3.15. The molecule has 0 aliphatic carbocycles. The number of carboxylic acids is 1. The molecule has 0 bridgehead atoms. The number of carboxylic acid groups (broad SMARTS) is 1. The van der Waals surface area contributed by atoms with Gasteiger partial charge in [-0.15, -0.1) is 0 Å². The molecule has 0 spiro atoms. The zero-order valence-electron chi connectivity index (χ0n) is 20.7. The third-order valence-electron chi connectivity index (χ3n) is 6.59. The third kappa shape index (κ3) is 5.33. The number of anilines is 1. The van der Waals surface area contributed by atoms with Gasteiger partial charge in [0.05, 0.1) is 29.3 Å². The molecule has 3 aromatic rings. The summed E-state index contributed by atoms with van der Waals surface area (Å²) < 4.78 is 6.02. The van der Waals surface area contributed by atoms with Crippen LogP contribution in [0.1, 0.15) is 64.1 Å². The van der Waals surface area contributed by atoms with Gasteiger partial charge in [0, 0.05) is 6.07 Å². The summed E-state index contributed by atoms with van der Waals surface area (Å²) in [6.07, 6.45) is 3.49. The summed E-state index contributed by atoms with van der Waals surface area (Å²) in [7, 11) is 0. The molecule has 1 heterocycles. The Bertz CT molecular complexity index is 1230. The van der Waals surface area contributed by atoms with Gasteiger partial charge >= 0.3 is 5.97 Å². The van der Waals surface area contributed by atoms with E-state index in [1.165, 1.54) is 4.90 Å². The van der Waals surface area contributed by atoms with Crippen LogP contribution in [0.3, 0.4) is 0 Å². The van der Waals surface area contributed by atoms with Crippen LogP contribution in [0.15, 0.2) is 66.7 Å². The van der Waals surface area contributed by atoms with Crippen molar-refractivity contribution < 1.29 is 24.2 Å². The number of rotatable bonds is 11. The number of hydrogen-bond donors (Lipinski definition) is 1. The minimum atomic E-state index is -0.758. The summed E-state index contributed by atoms with van der Waals surface area (Å²) in [6, 6.07) is 20.5. The fraction of sp³-hybridized carbons (Fsp3) is 0.300. The topological polar surface area (TPSA) is 83.9 Å². The molecule has 186 valence electrons. The van der Waals surface area contributed by atoms with Crippen molar-refractivity contribution in [3.63, 3.8) is 0 Å². The van der Waals surface area contributed by atoms with Crippen molar-refractivity contribution in [2.24, 2.45) is 5.92 Å². The minimum absolute atomic E-state index is 0.321. The zero-order valence-corrected chi connectivity index (χ0v) is 20.7. The summed E-state index contributed by atoms with van der Waals surface area (Å²) >= 11 is 0. The van der Waals surface area contributed by atoms with Crippen molar-refractivity contribution in [2.75, 3.05) is 11.5 Å². The Morgan fingerprint density at radius 2 is 1.53 bits per heavy atom. The number of aryl methyl sites for hydroxylation is 2. The standard InChI is InChI=1S/C30H31NO5/c1-3-17-36-27-19-24(31-28(32)25-7-5-6-8-26(25)29(31)33)16-15-23(27)14-13-20-9-11-21(12-10-20)18-22(4-2)30(34)35/h5-12,15-16,19,22H,3-4,13-14,17-18H2,1-2H3,(H,34,35)/t22-/m0/s1. The SMILES string of the molecule is CCCOc1cc(N2C(=O)c3ccccc3C2=O)ccc1CCc1ccc(C[C@H](CC)C(=O)O)cc1. The normalized spacial score (nSPS) is 13.6. The Balaban J connectivity index is 1.49. The van der Waals surface area contributed by atoms with Crippen LogP contribution in [0.4, 0.5) is 5.69 Å². The first kappa shape index (κ1) is 25.2. The molecule has 4 rings (SSSR count). The van der Waals surface area contributed by atoms with E-state index in [-0.39, 0.29) is 17.7 Å². The molecular weight excluding hydrogens is 454 g/mol. The van der Waals surface area contributed by atoms with Gasteiger partial charge in [-0.3, -0.25) is 14.4 Å². The van der Waals surface area contributed by atoms with Crippen LogP contribution in [0.2, 0.25) is 0 Å². The number of aliphatic carboxylic acids is 1. The van der Waals surface area contributed by atoms with E-state index in [0.717, 1.165) is 36.0 Å². The molecule has 36 heavy (non-hydrogen) atoms. The van der Waals surface area contributed by atoms with Gasteiger partial charge in [0.25, 0.3) is 11.8 Å². The van der Waals surface area contributed by atoms with Gasteiger partial charge in [0.1, 0.15) is 5.75 Å². The quantitative estimate of drug-likeness (QED) is 0.352. The summed E-state index contributed by atoms with van der Waals surface area (Å²) in [6.45, 7) is 4.46. The molecule has 1 aliphatic heterocycles. The van der Waals surface area contributed by atoms with Crippen LogP contribution in [0.5, 0.6) is 5.75 Å². The van der Waals surface area contributed by atoms with E-state index in [1.807, 2.05) is 44.2 Å². The highest BCUT2D eigenvalue weighted by Gasteiger charge is 2.36. The lowest BCUT2D eigenvalue weighted by Gasteiger charge is -2.18. The van der Waals surface area contributed by atoms with E-state index in [1.54, 1.807) is 36.4 Å². The predicted molar refractivity (Wildman–Crippen MR) is 139 cm³/mol. The summed E-state index contributed by atoms with van der Waals surface area (Å²) in [5, 5.41) is 9.30. The number of hydrogen-bond acceptors (Lipinski definition) is 4. The van der Waals surface area contributed by atoms with Gasteiger partial charge in [-0.05, 0) is 67.0 Å². The number of carbonyl (C=O) groups excluding carboxylic acids is 2. The fourth-order valence-electron chi connectivity index (χ4n) is 4.47. The Hall–Kier alpha value is -3.93. The maximum Gasteiger partial charge on any atom is 0.306 e. The van der Waals surface area contributed by atoms with Crippen molar-refractivity contribution in [3.05, 3.63) is 94.5 Å². The van der Waals surface area contributed by atoms with Gasteiger partial charge in [-0.1, -0.05) is 56.3 Å². The largest absolute Gasteiger partial charge is 0.493 e. The average molecular weight is 486 g/mol. The third-order valence-corrected chi connectivity index (χ3v) is 6.59. The molecular formula is C30H31NO5. The first-order valence-electron chi connectivity index (χ1n) is 12.5. The molecule has 2 amide bonds. The van der Waals surface area contributed by atoms with Crippen molar-refractivity contribution in [1.29, 1.82) is 0 Å². The highest BCUT2D eigenvalue weighted by Crippen LogP contribution is 2.33. The van der Waals surface area contributed by atoms with Crippen LogP contribution in [-0.4, -0.2) is 29.5 Å². The van der Waals surface area contributed by atoms with Gasteiger partial charge in [-0.25, -0.2) is 4.90 Å². The number of ether oxygens (including phenoxy) is 1. The highest BCUT2D eigenvalue weighted by molar-refractivity contribution is 6.34. The van der Waals surface area contributed by atoms with Gasteiger partial charge in [0.15, 0.2) is 0 Å². The van der Waals surface area contributed by atoms with E-state index >= 15 is 0 Å². The highest BCUT2D eigenvalue weighted by atomic mass is 16.5. The van der Waals surface area contributed by atoms with Crippen LogP contribution in [0, 0.1) is 5.92 Å². The van der Waals surface area contributed by atoms with E-state index in [0.29, 0.717) is 42.0 Å². The number of nitrogens with zero attached hydrogens (tertiary/aromatic N) is 1. The van der Waals surface area contributed by atoms with E-state index < -0.39 is 5.97 Å². The van der Waals surface area contributed by atoms with Crippen LogP contribution in [0.25, 0.3) is 0 Å². The van der Waals surface area contributed by atoms with E-state index in [2.05, 4.69) is 0 Å². The Morgan fingerprint density at radius 1 is 0.889 bits per heavy atom. The van der Waals surface area contributed by atoms with Crippen molar-refractivity contribution >= 4 is 23.5 Å². The van der Waals surface area contributed by atoms with E-state index in [9.17, 15) is 19.5 Å². The first-order chi connectivity index (χ1) is 17.4. The minimum Gasteiger partial charge on any atom is -0.493 e. The number of amides is 2. The molecule has 3 aromatic carbocycles. The summed E-state index contributed by atoms with van der Waals surface area (Å²) in [4.78, 5) is 38.4. The molecule has 1 atom stereocenters.